The molecule has 7 nitrogen and oxygen atoms in total. The molecule has 2 aromatic rings. The minimum Gasteiger partial charge on any atom is -0.381 e. The Balaban J connectivity index is 1.54. The summed E-state index contributed by atoms with van der Waals surface area (Å²) in [5.41, 5.74) is 1.21. The molecule has 0 spiro atoms. The molecule has 1 atom stereocenters. The van der Waals surface area contributed by atoms with E-state index in [9.17, 15) is 0 Å². The number of rotatable bonds is 3. The molecular weight excluding hydrogens is 280 g/mol. The molecule has 1 fully saturated rings. The maximum absolute atomic E-state index is 5.49. The van der Waals surface area contributed by atoms with Crippen molar-refractivity contribution in [2.75, 3.05) is 19.8 Å². The second kappa shape index (κ2) is 5.81. The van der Waals surface area contributed by atoms with Crippen molar-refractivity contribution in [3.63, 3.8) is 0 Å². The Labute approximate surface area is 129 Å². The average molecular weight is 302 g/mol. The quantitative estimate of drug-likeness (QED) is 0.849. The van der Waals surface area contributed by atoms with Crippen molar-refractivity contribution >= 4 is 0 Å². The summed E-state index contributed by atoms with van der Waals surface area (Å²) in [4.78, 5) is 11.3. The molecule has 0 amide bonds. The molecule has 0 unspecified atom stereocenters. The van der Waals surface area contributed by atoms with Gasteiger partial charge in [-0.05, 0) is 19.8 Å². The molecule has 22 heavy (non-hydrogen) atoms. The highest BCUT2D eigenvalue weighted by atomic mass is 16.5. The van der Waals surface area contributed by atoms with E-state index >= 15 is 0 Å². The first-order valence-corrected chi connectivity index (χ1v) is 8.03. The molecule has 4 rings (SSSR count). The minimum absolute atomic E-state index is 0.362. The van der Waals surface area contributed by atoms with Crippen LogP contribution in [0, 0.1) is 0 Å². The van der Waals surface area contributed by atoms with Crippen molar-refractivity contribution in [1.82, 2.24) is 29.2 Å². The molecule has 0 radical (unpaired) electrons. The van der Waals surface area contributed by atoms with E-state index in [2.05, 4.69) is 26.5 Å². The van der Waals surface area contributed by atoms with Gasteiger partial charge in [0.15, 0.2) is 0 Å². The van der Waals surface area contributed by atoms with E-state index in [-0.39, 0.29) is 0 Å². The van der Waals surface area contributed by atoms with Crippen LogP contribution < -0.4 is 0 Å². The summed E-state index contributed by atoms with van der Waals surface area (Å²) in [6.07, 6.45) is 7.58. The zero-order valence-corrected chi connectivity index (χ0v) is 12.9. The predicted octanol–water partition coefficient (Wildman–Crippen LogP) is 1.08. The van der Waals surface area contributed by atoms with E-state index in [0.717, 1.165) is 45.7 Å². The van der Waals surface area contributed by atoms with Gasteiger partial charge in [0.1, 0.15) is 18.5 Å². The van der Waals surface area contributed by atoms with Crippen LogP contribution in [0.25, 0.3) is 0 Å². The second-order valence-electron chi connectivity index (χ2n) is 6.11. The first-order valence-electron chi connectivity index (χ1n) is 8.03. The molecule has 0 aliphatic carbocycles. The third-order valence-corrected chi connectivity index (χ3v) is 4.87. The van der Waals surface area contributed by atoms with Crippen molar-refractivity contribution in [2.45, 2.75) is 44.9 Å². The largest absolute Gasteiger partial charge is 0.381 e. The Hall–Kier alpha value is -1.73. The Kier molecular flexibility index (Phi) is 3.67. The topological polar surface area (TPSA) is 61.0 Å². The van der Waals surface area contributed by atoms with Crippen molar-refractivity contribution in [3.05, 3.63) is 30.4 Å². The predicted molar refractivity (Wildman–Crippen MR) is 80.3 cm³/mol. The summed E-state index contributed by atoms with van der Waals surface area (Å²) in [6, 6.07) is 0.995. The Morgan fingerprint density at radius 3 is 2.91 bits per heavy atom. The molecular formula is C15H22N6O. The second-order valence-corrected chi connectivity index (χ2v) is 6.11. The van der Waals surface area contributed by atoms with Crippen molar-refractivity contribution in [3.8, 4) is 0 Å². The average Bonchev–Trinajstić information content (AvgIpc) is 3.20. The van der Waals surface area contributed by atoms with Gasteiger partial charge in [0.2, 0.25) is 0 Å². The lowest BCUT2D eigenvalue weighted by Crippen LogP contribution is -2.46. The van der Waals surface area contributed by atoms with Crippen LogP contribution in [-0.4, -0.2) is 55.0 Å². The number of imidazole rings is 1. The summed E-state index contributed by atoms with van der Waals surface area (Å²) >= 11 is 0. The third-order valence-electron chi connectivity index (χ3n) is 4.87. The number of aromatic nitrogens is 5. The molecule has 0 bridgehead atoms. The van der Waals surface area contributed by atoms with E-state index in [1.165, 1.54) is 11.5 Å². The minimum atomic E-state index is 0.362. The van der Waals surface area contributed by atoms with E-state index in [1.54, 1.807) is 12.7 Å². The molecule has 0 aromatic carbocycles. The fourth-order valence-corrected chi connectivity index (χ4v) is 3.70. The molecule has 4 heterocycles. The Bertz CT molecular complexity index is 616. The van der Waals surface area contributed by atoms with E-state index in [0.29, 0.717) is 12.1 Å². The molecule has 2 aliphatic rings. The summed E-state index contributed by atoms with van der Waals surface area (Å²) in [5, 5.41) is 4.19. The smallest absolute Gasteiger partial charge is 0.137 e. The zero-order valence-electron chi connectivity index (χ0n) is 12.9. The van der Waals surface area contributed by atoms with Gasteiger partial charge in [-0.15, -0.1) is 0 Å². The van der Waals surface area contributed by atoms with Crippen LogP contribution in [-0.2, 0) is 17.8 Å². The molecule has 0 saturated carbocycles. The number of fused-ring (bicyclic) bond motifs is 1. The first kappa shape index (κ1) is 13.9. The van der Waals surface area contributed by atoms with Crippen LogP contribution in [0.1, 0.15) is 37.3 Å². The Morgan fingerprint density at radius 2 is 2.14 bits per heavy atom. The van der Waals surface area contributed by atoms with Gasteiger partial charge in [0.05, 0.1) is 24.5 Å². The first-order chi connectivity index (χ1) is 10.8. The lowest BCUT2D eigenvalue weighted by Gasteiger charge is -2.41. The fraction of sp³-hybridized carbons (Fsp3) is 0.667. The van der Waals surface area contributed by atoms with Gasteiger partial charge in [-0.3, -0.25) is 4.90 Å². The zero-order chi connectivity index (χ0) is 14.9. The van der Waals surface area contributed by atoms with Gasteiger partial charge in [-0.25, -0.2) is 14.6 Å². The monoisotopic (exact) mass is 302 g/mol. The number of hydrogen-bond acceptors (Lipinski definition) is 5. The number of ether oxygens (including phenoxy) is 1. The van der Waals surface area contributed by atoms with E-state index in [4.69, 9.17) is 9.72 Å². The van der Waals surface area contributed by atoms with Crippen LogP contribution in [0.3, 0.4) is 0 Å². The molecule has 2 aliphatic heterocycles. The van der Waals surface area contributed by atoms with Crippen LogP contribution in [0.4, 0.5) is 0 Å². The van der Waals surface area contributed by atoms with E-state index < -0.39 is 0 Å². The SMILES string of the molecule is C[C@@H]1c2ncc(Cn3cncn3)n2CCN1C1CCOCC1. The summed E-state index contributed by atoms with van der Waals surface area (Å²) in [7, 11) is 0. The lowest BCUT2D eigenvalue weighted by atomic mass is 10.0. The van der Waals surface area contributed by atoms with Crippen LogP contribution in [0.15, 0.2) is 18.9 Å². The van der Waals surface area contributed by atoms with E-state index in [1.807, 2.05) is 10.9 Å². The lowest BCUT2D eigenvalue weighted by molar-refractivity contribution is 0.00871. The summed E-state index contributed by atoms with van der Waals surface area (Å²) in [5.74, 6) is 1.17. The molecule has 0 N–H and O–H groups in total. The Morgan fingerprint density at radius 1 is 1.27 bits per heavy atom. The number of hydrogen-bond donors (Lipinski definition) is 0. The van der Waals surface area contributed by atoms with Crippen molar-refractivity contribution in [2.24, 2.45) is 0 Å². The van der Waals surface area contributed by atoms with Crippen molar-refractivity contribution in [1.29, 1.82) is 0 Å². The molecule has 1 saturated heterocycles. The normalized spacial score (nSPS) is 23.6. The third kappa shape index (κ3) is 2.44. The maximum atomic E-state index is 5.49. The van der Waals surface area contributed by atoms with Gasteiger partial charge >= 0.3 is 0 Å². The highest BCUT2D eigenvalue weighted by molar-refractivity contribution is 5.12. The van der Waals surface area contributed by atoms with Crippen LogP contribution >= 0.6 is 0 Å². The van der Waals surface area contributed by atoms with Gasteiger partial charge in [0.25, 0.3) is 0 Å². The van der Waals surface area contributed by atoms with Gasteiger partial charge in [0, 0.05) is 32.3 Å². The molecule has 2 aromatic heterocycles. The highest BCUT2D eigenvalue weighted by Gasteiger charge is 2.32. The summed E-state index contributed by atoms with van der Waals surface area (Å²) < 4.78 is 9.69. The van der Waals surface area contributed by atoms with Gasteiger partial charge < -0.3 is 9.30 Å². The highest BCUT2D eigenvalue weighted by Crippen LogP contribution is 2.30. The maximum Gasteiger partial charge on any atom is 0.137 e. The van der Waals surface area contributed by atoms with Crippen molar-refractivity contribution < 1.29 is 4.74 Å². The van der Waals surface area contributed by atoms with Gasteiger partial charge in [-0.2, -0.15) is 5.10 Å². The fourth-order valence-electron chi connectivity index (χ4n) is 3.70. The standard InChI is InChI=1S/C15H22N6O/c1-12-15-17-8-14(9-19-11-16-10-18-19)21(15)5-4-20(12)13-2-6-22-7-3-13/h8,10-13H,2-7,9H2,1H3/t12-/m1/s1. The molecule has 7 heteroatoms. The van der Waals surface area contributed by atoms with Crippen LogP contribution in [0.2, 0.25) is 0 Å². The summed E-state index contributed by atoms with van der Waals surface area (Å²) in [6.45, 7) is 6.87. The molecule has 118 valence electrons. The van der Waals surface area contributed by atoms with Gasteiger partial charge in [-0.1, -0.05) is 0 Å². The number of nitrogens with zero attached hydrogens (tertiary/aromatic N) is 6. The van der Waals surface area contributed by atoms with Crippen LogP contribution in [0.5, 0.6) is 0 Å².